The van der Waals surface area contributed by atoms with E-state index in [4.69, 9.17) is 0 Å². The molecule has 2 aromatic rings. The van der Waals surface area contributed by atoms with Crippen LogP contribution in [0.15, 0.2) is 36.8 Å². The summed E-state index contributed by atoms with van der Waals surface area (Å²) in [6.07, 6.45) is 9.49. The fraction of sp³-hybridized carbons (Fsp3) is 0.550. The number of nitrogens with zero attached hydrogens (tertiary/aromatic N) is 5. The molecule has 138 valence electrons. The molecule has 2 aliphatic heterocycles. The Bertz CT molecular complexity index is 744. The number of aryl methyl sites for hydroxylation is 1. The van der Waals surface area contributed by atoms with Crippen LogP contribution in [0.5, 0.6) is 0 Å². The van der Waals surface area contributed by atoms with Crippen molar-refractivity contribution >= 4 is 5.91 Å². The summed E-state index contributed by atoms with van der Waals surface area (Å²) in [7, 11) is 1.96. The second-order valence-electron chi connectivity index (χ2n) is 7.57. The minimum atomic E-state index is 0.322. The van der Waals surface area contributed by atoms with Crippen molar-refractivity contribution in [3.05, 3.63) is 48.0 Å². The maximum Gasteiger partial charge on any atom is 0.222 e. The zero-order chi connectivity index (χ0) is 17.9. The number of carbonyl (C=O) groups excluding carboxylic acids is 1. The highest BCUT2D eigenvalue weighted by Crippen LogP contribution is 2.32. The van der Waals surface area contributed by atoms with Gasteiger partial charge in [0.1, 0.15) is 0 Å². The monoisotopic (exact) mass is 353 g/mol. The molecule has 6 nitrogen and oxygen atoms in total. The molecule has 2 fully saturated rings. The van der Waals surface area contributed by atoms with Gasteiger partial charge in [-0.05, 0) is 30.9 Å². The zero-order valence-electron chi connectivity index (χ0n) is 15.4. The summed E-state index contributed by atoms with van der Waals surface area (Å²) >= 11 is 0. The van der Waals surface area contributed by atoms with E-state index in [1.807, 2.05) is 42.3 Å². The molecular formula is C20H27N5O. The highest BCUT2D eigenvalue weighted by molar-refractivity contribution is 5.77. The number of hydrogen-bond donors (Lipinski definition) is 0. The Morgan fingerprint density at radius 3 is 2.96 bits per heavy atom. The Morgan fingerprint density at radius 2 is 2.19 bits per heavy atom. The van der Waals surface area contributed by atoms with Gasteiger partial charge in [0.05, 0.1) is 6.20 Å². The van der Waals surface area contributed by atoms with Crippen LogP contribution in [0.3, 0.4) is 0 Å². The lowest BCUT2D eigenvalue weighted by Gasteiger charge is -2.47. The fourth-order valence-electron chi connectivity index (χ4n) is 4.45. The molecule has 2 aliphatic rings. The van der Waals surface area contributed by atoms with Crippen molar-refractivity contribution in [2.45, 2.75) is 38.3 Å². The average Bonchev–Trinajstić information content (AvgIpc) is 3.06. The zero-order valence-corrected chi connectivity index (χ0v) is 15.4. The van der Waals surface area contributed by atoms with Crippen LogP contribution in [-0.4, -0.2) is 56.1 Å². The number of rotatable bonds is 5. The van der Waals surface area contributed by atoms with Crippen molar-refractivity contribution in [1.82, 2.24) is 24.6 Å². The Hall–Kier alpha value is -2.21. The van der Waals surface area contributed by atoms with Gasteiger partial charge in [0, 0.05) is 75.8 Å². The Balaban J connectivity index is 1.37. The molecule has 0 spiro atoms. The van der Waals surface area contributed by atoms with Gasteiger partial charge in [-0.3, -0.25) is 19.4 Å². The quantitative estimate of drug-likeness (QED) is 0.823. The van der Waals surface area contributed by atoms with Gasteiger partial charge >= 0.3 is 0 Å². The number of amides is 1. The van der Waals surface area contributed by atoms with E-state index in [-0.39, 0.29) is 0 Å². The summed E-state index contributed by atoms with van der Waals surface area (Å²) in [4.78, 5) is 21.6. The van der Waals surface area contributed by atoms with Crippen molar-refractivity contribution in [2.24, 2.45) is 13.0 Å². The molecule has 2 saturated heterocycles. The van der Waals surface area contributed by atoms with Crippen LogP contribution in [0.2, 0.25) is 0 Å². The van der Waals surface area contributed by atoms with Crippen LogP contribution >= 0.6 is 0 Å². The normalized spacial score (nSPS) is 23.9. The molecule has 4 rings (SSSR count). The molecule has 0 aromatic carbocycles. The van der Waals surface area contributed by atoms with Gasteiger partial charge in [0.2, 0.25) is 5.91 Å². The Labute approximate surface area is 154 Å². The summed E-state index contributed by atoms with van der Waals surface area (Å²) in [6.45, 7) is 3.87. The largest absolute Gasteiger partial charge is 0.339 e. The summed E-state index contributed by atoms with van der Waals surface area (Å²) < 4.78 is 1.86. The van der Waals surface area contributed by atoms with Gasteiger partial charge in [-0.2, -0.15) is 5.10 Å². The number of aromatic nitrogens is 3. The first kappa shape index (κ1) is 17.2. The van der Waals surface area contributed by atoms with Crippen LogP contribution in [0.4, 0.5) is 0 Å². The van der Waals surface area contributed by atoms with Crippen LogP contribution < -0.4 is 0 Å². The second-order valence-corrected chi connectivity index (χ2v) is 7.57. The maximum atomic E-state index is 12.5. The van der Waals surface area contributed by atoms with Gasteiger partial charge in [0.15, 0.2) is 0 Å². The molecule has 0 saturated carbocycles. The predicted molar refractivity (Wildman–Crippen MR) is 99.3 cm³/mol. The maximum absolute atomic E-state index is 12.5. The van der Waals surface area contributed by atoms with Gasteiger partial charge in [0.25, 0.3) is 0 Å². The van der Waals surface area contributed by atoms with Gasteiger partial charge in [-0.25, -0.2) is 0 Å². The van der Waals surface area contributed by atoms with E-state index in [9.17, 15) is 4.79 Å². The van der Waals surface area contributed by atoms with E-state index < -0.39 is 0 Å². The minimum absolute atomic E-state index is 0.322. The summed E-state index contributed by atoms with van der Waals surface area (Å²) in [5, 5.41) is 4.27. The lowest BCUT2D eigenvalue weighted by Crippen LogP contribution is -2.56. The van der Waals surface area contributed by atoms with Gasteiger partial charge in [-0.1, -0.05) is 6.07 Å². The number of fused-ring (bicyclic) bond motifs is 1. The third-order valence-electron chi connectivity index (χ3n) is 5.73. The Morgan fingerprint density at radius 1 is 1.27 bits per heavy atom. The van der Waals surface area contributed by atoms with Crippen molar-refractivity contribution < 1.29 is 4.79 Å². The molecule has 2 atom stereocenters. The van der Waals surface area contributed by atoms with Crippen LogP contribution in [0.1, 0.15) is 30.5 Å². The average molecular weight is 353 g/mol. The van der Waals surface area contributed by atoms with Gasteiger partial charge in [-0.15, -0.1) is 0 Å². The first-order valence-corrected chi connectivity index (χ1v) is 9.58. The second kappa shape index (κ2) is 7.58. The van der Waals surface area contributed by atoms with E-state index >= 15 is 0 Å². The predicted octanol–water partition coefficient (Wildman–Crippen LogP) is 1.87. The molecule has 2 aromatic heterocycles. The molecule has 0 unspecified atom stereocenters. The third kappa shape index (κ3) is 3.80. The van der Waals surface area contributed by atoms with Crippen LogP contribution in [-0.2, 0) is 24.8 Å². The molecule has 6 heteroatoms. The Kier molecular flexibility index (Phi) is 5.02. The molecule has 1 amide bonds. The number of carbonyl (C=O) groups is 1. The lowest BCUT2D eigenvalue weighted by atomic mass is 9.83. The third-order valence-corrected chi connectivity index (χ3v) is 5.73. The molecular weight excluding hydrogens is 326 g/mol. The van der Waals surface area contributed by atoms with Crippen molar-refractivity contribution in [1.29, 1.82) is 0 Å². The summed E-state index contributed by atoms with van der Waals surface area (Å²) in [6, 6.07) is 6.39. The van der Waals surface area contributed by atoms with Crippen LogP contribution in [0.25, 0.3) is 0 Å². The topological polar surface area (TPSA) is 54.3 Å². The number of piperidine rings is 2. The summed E-state index contributed by atoms with van der Waals surface area (Å²) in [5.74, 6) is 0.907. The van der Waals surface area contributed by atoms with Gasteiger partial charge < -0.3 is 4.90 Å². The standard InChI is InChI=1S/C20H27N5O/c1-23-13-16(12-22-23)14-24-10-8-19-17(15-24)5-6-20(26)25(19)11-7-18-4-2-3-9-21-18/h2-4,9,12-13,17,19H,5-8,10-11,14-15H2,1H3/t17-,19+/m0/s1. The summed E-state index contributed by atoms with van der Waals surface area (Å²) in [5.41, 5.74) is 2.33. The van der Waals surface area contributed by atoms with E-state index in [2.05, 4.69) is 26.1 Å². The van der Waals surface area contributed by atoms with Crippen LogP contribution in [0, 0.1) is 5.92 Å². The first-order valence-electron chi connectivity index (χ1n) is 9.58. The first-order chi connectivity index (χ1) is 12.7. The van der Waals surface area contributed by atoms with E-state index in [1.165, 1.54) is 5.56 Å². The molecule has 0 aliphatic carbocycles. The minimum Gasteiger partial charge on any atom is -0.339 e. The number of likely N-dealkylation sites (tertiary alicyclic amines) is 2. The van der Waals surface area contributed by atoms with E-state index in [1.54, 1.807) is 0 Å². The molecule has 0 N–H and O–H groups in total. The number of pyridine rings is 1. The fourth-order valence-corrected chi connectivity index (χ4v) is 4.45. The molecule has 26 heavy (non-hydrogen) atoms. The van der Waals surface area contributed by atoms with Crippen molar-refractivity contribution in [3.63, 3.8) is 0 Å². The number of hydrogen-bond acceptors (Lipinski definition) is 4. The molecule has 0 bridgehead atoms. The smallest absolute Gasteiger partial charge is 0.222 e. The highest BCUT2D eigenvalue weighted by atomic mass is 16.2. The highest BCUT2D eigenvalue weighted by Gasteiger charge is 2.38. The SMILES string of the molecule is Cn1cc(CN2CC[C@@H]3[C@@H](CCC(=O)N3CCc3ccccn3)C2)cn1. The lowest BCUT2D eigenvalue weighted by molar-refractivity contribution is -0.141. The van der Waals surface area contributed by atoms with E-state index in [0.717, 1.165) is 51.1 Å². The van der Waals surface area contributed by atoms with E-state index in [0.29, 0.717) is 24.3 Å². The molecule has 0 radical (unpaired) electrons. The molecule has 4 heterocycles. The van der Waals surface area contributed by atoms with Crippen molar-refractivity contribution in [3.8, 4) is 0 Å². The van der Waals surface area contributed by atoms with Crippen molar-refractivity contribution in [2.75, 3.05) is 19.6 Å².